The minimum Gasteiger partial charge on any atom is -0.598 e. The van der Waals surface area contributed by atoms with E-state index in [9.17, 15) is 9.35 Å². The minimum atomic E-state index is -1.02. The van der Waals surface area contributed by atoms with E-state index in [4.69, 9.17) is 8.83 Å². The molecule has 1 atom stereocenters. The Balaban J connectivity index is 2.20. The van der Waals surface area contributed by atoms with E-state index in [2.05, 4.69) is 15.9 Å². The van der Waals surface area contributed by atoms with Crippen LogP contribution in [0.4, 0.5) is 5.88 Å². The van der Waals surface area contributed by atoms with Crippen LogP contribution in [-0.2, 0) is 11.4 Å². The maximum absolute atomic E-state index is 11.9. The smallest absolute Gasteiger partial charge is 0.230 e. The second-order valence-electron chi connectivity index (χ2n) is 4.39. The van der Waals surface area contributed by atoms with E-state index in [1.165, 1.54) is 12.3 Å². The lowest BCUT2D eigenvalue weighted by atomic mass is 10.4. The summed E-state index contributed by atoms with van der Waals surface area (Å²) in [6, 6.07) is 1.39. The Hall–Kier alpha value is -0.960. The molecule has 0 spiro atoms. The molecular formula is C12H15BrN2O4S. The first-order valence-corrected chi connectivity index (χ1v) is 8.17. The van der Waals surface area contributed by atoms with Crippen LogP contribution in [0, 0.1) is 0 Å². The summed E-state index contributed by atoms with van der Waals surface area (Å²) in [4.78, 5) is 13.7. The molecule has 6 nitrogen and oxygen atoms in total. The highest BCUT2D eigenvalue weighted by Crippen LogP contribution is 2.26. The molecule has 2 aromatic heterocycles. The Bertz CT molecular complexity index is 654. The standard InChI is InChI=1S/C12H15BrN2O4S/c1-14(4-5-15(2)20(3)17)10-6-9(16)12-11(19-10)8(13)7-18-12/h6-7H,4-5H2,1-3H3. The number of furan rings is 1. The van der Waals surface area contributed by atoms with Gasteiger partial charge >= 0.3 is 0 Å². The van der Waals surface area contributed by atoms with Gasteiger partial charge in [0.05, 0.1) is 17.1 Å². The normalized spacial score (nSPS) is 13.1. The fraction of sp³-hybridized carbons (Fsp3) is 0.417. The van der Waals surface area contributed by atoms with Gasteiger partial charge in [0.25, 0.3) is 0 Å². The lowest BCUT2D eigenvalue weighted by molar-refractivity contribution is 0.472. The second kappa shape index (κ2) is 6.21. The summed E-state index contributed by atoms with van der Waals surface area (Å²) in [6.07, 6.45) is 3.04. The van der Waals surface area contributed by atoms with Crippen LogP contribution in [0.1, 0.15) is 0 Å². The zero-order valence-corrected chi connectivity index (χ0v) is 13.8. The van der Waals surface area contributed by atoms with E-state index in [0.29, 0.717) is 29.0 Å². The van der Waals surface area contributed by atoms with Crippen LogP contribution in [0.25, 0.3) is 11.2 Å². The highest BCUT2D eigenvalue weighted by Gasteiger charge is 2.15. The number of anilines is 1. The molecule has 0 saturated heterocycles. The number of nitrogens with zero attached hydrogens (tertiary/aromatic N) is 2. The number of halogens is 1. The third-order valence-electron chi connectivity index (χ3n) is 2.95. The lowest BCUT2D eigenvalue weighted by Gasteiger charge is -2.21. The van der Waals surface area contributed by atoms with Crippen LogP contribution >= 0.6 is 15.9 Å². The zero-order chi connectivity index (χ0) is 14.9. The van der Waals surface area contributed by atoms with Crippen molar-refractivity contribution in [2.45, 2.75) is 0 Å². The Morgan fingerprint density at radius 1 is 1.35 bits per heavy atom. The van der Waals surface area contributed by atoms with Crippen LogP contribution < -0.4 is 10.3 Å². The van der Waals surface area contributed by atoms with Crippen LogP contribution in [-0.4, -0.2) is 42.3 Å². The quantitative estimate of drug-likeness (QED) is 0.755. The van der Waals surface area contributed by atoms with E-state index >= 15 is 0 Å². The number of hydrogen-bond donors (Lipinski definition) is 0. The van der Waals surface area contributed by atoms with Crippen LogP contribution in [0.3, 0.4) is 0 Å². The van der Waals surface area contributed by atoms with Crippen LogP contribution in [0.2, 0.25) is 0 Å². The second-order valence-corrected chi connectivity index (χ2v) is 6.71. The maximum atomic E-state index is 11.9. The molecule has 110 valence electrons. The minimum absolute atomic E-state index is 0.195. The van der Waals surface area contributed by atoms with Crippen molar-refractivity contribution in [3.8, 4) is 0 Å². The number of fused-ring (bicyclic) bond motifs is 1. The van der Waals surface area contributed by atoms with Gasteiger partial charge in [-0.1, -0.05) is 0 Å². The van der Waals surface area contributed by atoms with Crippen LogP contribution in [0.15, 0.2) is 30.4 Å². The highest BCUT2D eigenvalue weighted by molar-refractivity contribution is 9.10. The first-order valence-electron chi connectivity index (χ1n) is 5.87. The predicted octanol–water partition coefficient (Wildman–Crippen LogP) is 1.81. The fourth-order valence-corrected chi connectivity index (χ4v) is 2.31. The van der Waals surface area contributed by atoms with E-state index in [-0.39, 0.29) is 11.0 Å². The molecule has 0 N–H and O–H groups in total. The largest absolute Gasteiger partial charge is 0.598 e. The van der Waals surface area contributed by atoms with Crippen molar-refractivity contribution in [1.82, 2.24) is 4.31 Å². The lowest BCUT2D eigenvalue weighted by Crippen LogP contribution is -2.34. The molecule has 0 radical (unpaired) electrons. The van der Waals surface area contributed by atoms with Crippen molar-refractivity contribution >= 4 is 44.3 Å². The molecule has 0 aliphatic heterocycles. The molecule has 0 saturated carbocycles. The molecule has 0 fully saturated rings. The summed E-state index contributed by atoms with van der Waals surface area (Å²) in [5.74, 6) is 0.444. The monoisotopic (exact) mass is 362 g/mol. The molecule has 8 heteroatoms. The van der Waals surface area contributed by atoms with Gasteiger partial charge in [-0.2, -0.15) is 0 Å². The summed E-state index contributed by atoms with van der Waals surface area (Å²) in [5, 5.41) is 0. The molecule has 1 unspecified atom stereocenters. The molecule has 0 aliphatic carbocycles. The van der Waals surface area contributed by atoms with Crippen molar-refractivity contribution in [1.29, 1.82) is 0 Å². The average molecular weight is 363 g/mol. The van der Waals surface area contributed by atoms with Gasteiger partial charge in [-0.25, -0.2) is 0 Å². The molecule has 2 heterocycles. The zero-order valence-electron chi connectivity index (χ0n) is 11.4. The predicted molar refractivity (Wildman–Crippen MR) is 82.4 cm³/mol. The van der Waals surface area contributed by atoms with Crippen molar-refractivity contribution in [2.75, 3.05) is 38.3 Å². The molecule has 20 heavy (non-hydrogen) atoms. The van der Waals surface area contributed by atoms with Gasteiger partial charge in [0, 0.05) is 32.0 Å². The summed E-state index contributed by atoms with van der Waals surface area (Å²) in [6.45, 7) is 1.17. The van der Waals surface area contributed by atoms with E-state index in [0.717, 1.165) is 0 Å². The first kappa shape index (κ1) is 15.4. The van der Waals surface area contributed by atoms with Crippen molar-refractivity contribution in [3.05, 3.63) is 27.0 Å². The van der Waals surface area contributed by atoms with Crippen molar-refractivity contribution < 1.29 is 13.4 Å². The van der Waals surface area contributed by atoms with E-state index in [1.807, 2.05) is 7.05 Å². The molecule has 0 aromatic carbocycles. The average Bonchev–Trinajstić information content (AvgIpc) is 2.77. The highest BCUT2D eigenvalue weighted by atomic mass is 79.9. The van der Waals surface area contributed by atoms with Gasteiger partial charge in [0.1, 0.15) is 12.5 Å². The van der Waals surface area contributed by atoms with E-state index in [1.54, 1.807) is 22.5 Å². The third-order valence-corrected chi connectivity index (χ3v) is 4.56. The van der Waals surface area contributed by atoms with Gasteiger partial charge in [0.2, 0.25) is 11.0 Å². The fourth-order valence-electron chi connectivity index (χ4n) is 1.62. The summed E-state index contributed by atoms with van der Waals surface area (Å²) >= 11 is 2.26. The van der Waals surface area contributed by atoms with Crippen molar-refractivity contribution in [2.24, 2.45) is 0 Å². The Labute approximate surface area is 127 Å². The van der Waals surface area contributed by atoms with Gasteiger partial charge in [-0.3, -0.25) is 4.79 Å². The number of hydrogen-bond acceptors (Lipinski definition) is 6. The molecule has 2 aromatic rings. The SMILES string of the molecule is CN(CCN(C)[S+](C)[O-])c1cc(=O)c2occ(Br)c2o1. The van der Waals surface area contributed by atoms with E-state index < -0.39 is 11.4 Å². The molecule has 0 amide bonds. The summed E-state index contributed by atoms with van der Waals surface area (Å²) in [5.41, 5.74) is 0.360. The third kappa shape index (κ3) is 3.20. The number of rotatable bonds is 5. The summed E-state index contributed by atoms with van der Waals surface area (Å²) in [7, 11) is 3.58. The summed E-state index contributed by atoms with van der Waals surface area (Å²) < 4.78 is 24.4. The Morgan fingerprint density at radius 3 is 2.70 bits per heavy atom. The van der Waals surface area contributed by atoms with Gasteiger partial charge in [-0.15, -0.1) is 4.31 Å². The van der Waals surface area contributed by atoms with Crippen molar-refractivity contribution in [3.63, 3.8) is 0 Å². The van der Waals surface area contributed by atoms with Crippen LogP contribution in [0.5, 0.6) is 0 Å². The molecular weight excluding hydrogens is 348 g/mol. The molecule has 2 rings (SSSR count). The Kier molecular flexibility index (Phi) is 4.79. The topological polar surface area (TPSA) is 72.9 Å². The maximum Gasteiger partial charge on any atom is 0.230 e. The van der Waals surface area contributed by atoms with Gasteiger partial charge < -0.3 is 18.3 Å². The van der Waals surface area contributed by atoms with Gasteiger partial charge in [0.15, 0.2) is 11.5 Å². The number of likely N-dealkylation sites (N-methyl/N-ethyl adjacent to an activating group) is 2. The molecule has 0 bridgehead atoms. The Morgan fingerprint density at radius 2 is 2.05 bits per heavy atom. The molecule has 0 aliphatic rings. The first-order chi connectivity index (χ1) is 9.40. The van der Waals surface area contributed by atoms with Gasteiger partial charge in [-0.05, 0) is 15.9 Å².